The van der Waals surface area contributed by atoms with Crippen molar-refractivity contribution in [3.05, 3.63) is 22.4 Å². The third-order valence-corrected chi connectivity index (χ3v) is 3.94. The van der Waals surface area contributed by atoms with Crippen LogP contribution in [0.5, 0.6) is 0 Å². The van der Waals surface area contributed by atoms with Crippen molar-refractivity contribution < 1.29 is 9.53 Å². The molecule has 1 amide bonds. The van der Waals surface area contributed by atoms with Crippen LogP contribution in [0.3, 0.4) is 0 Å². The molecule has 1 aliphatic heterocycles. The van der Waals surface area contributed by atoms with Gasteiger partial charge in [-0.25, -0.2) is 0 Å². The van der Waals surface area contributed by atoms with Gasteiger partial charge < -0.3 is 15.4 Å². The molecule has 2 rings (SSSR count). The van der Waals surface area contributed by atoms with Crippen molar-refractivity contribution in [2.24, 2.45) is 5.73 Å². The number of hydrogen-bond donors (Lipinski definition) is 1. The highest BCUT2D eigenvalue weighted by atomic mass is 32.1. The molecule has 4 nitrogen and oxygen atoms in total. The molecule has 1 fully saturated rings. The number of nitrogens with two attached hydrogens (primary N) is 1. The minimum atomic E-state index is -0.452. The zero-order chi connectivity index (χ0) is 13.0. The summed E-state index contributed by atoms with van der Waals surface area (Å²) in [7, 11) is 0. The Morgan fingerprint density at radius 3 is 3.11 bits per heavy atom. The zero-order valence-electron chi connectivity index (χ0n) is 10.7. The maximum Gasteiger partial charge on any atom is 0.239 e. The van der Waals surface area contributed by atoms with Gasteiger partial charge in [0.25, 0.3) is 0 Å². The number of rotatable bonds is 5. The van der Waals surface area contributed by atoms with Crippen molar-refractivity contribution in [1.82, 2.24) is 4.90 Å². The summed E-state index contributed by atoms with van der Waals surface area (Å²) in [5, 5.41) is 2.02. The van der Waals surface area contributed by atoms with Crippen LogP contribution in [0.1, 0.15) is 24.6 Å². The molecule has 0 aliphatic carbocycles. The maximum absolute atomic E-state index is 12.1. The molecule has 0 spiro atoms. The van der Waals surface area contributed by atoms with E-state index in [0.29, 0.717) is 13.1 Å². The molecule has 1 aliphatic rings. The van der Waals surface area contributed by atoms with E-state index in [1.807, 2.05) is 22.4 Å². The Kier molecular flexibility index (Phi) is 4.74. The largest absolute Gasteiger partial charge is 0.376 e. The summed E-state index contributed by atoms with van der Waals surface area (Å²) < 4.78 is 5.60. The molecule has 18 heavy (non-hydrogen) atoms. The predicted molar refractivity (Wildman–Crippen MR) is 72.4 cm³/mol. The van der Waals surface area contributed by atoms with Gasteiger partial charge in [0, 0.05) is 18.0 Å². The van der Waals surface area contributed by atoms with E-state index in [0.717, 1.165) is 19.4 Å². The lowest BCUT2D eigenvalue weighted by Crippen LogP contribution is -2.44. The Balaban J connectivity index is 1.99. The molecule has 2 N–H and O–H groups in total. The van der Waals surface area contributed by atoms with Gasteiger partial charge in [-0.3, -0.25) is 4.79 Å². The summed E-state index contributed by atoms with van der Waals surface area (Å²) in [6.07, 6.45) is 2.30. The first kappa shape index (κ1) is 13.5. The number of hydrogen-bond acceptors (Lipinski definition) is 4. The van der Waals surface area contributed by atoms with Crippen molar-refractivity contribution in [3.8, 4) is 0 Å². The number of ether oxygens (including phenoxy) is 1. The van der Waals surface area contributed by atoms with Gasteiger partial charge >= 0.3 is 0 Å². The summed E-state index contributed by atoms with van der Waals surface area (Å²) >= 11 is 1.66. The summed E-state index contributed by atoms with van der Waals surface area (Å²) in [6.45, 7) is 3.83. The van der Waals surface area contributed by atoms with Gasteiger partial charge in [-0.2, -0.15) is 0 Å². The third kappa shape index (κ3) is 3.54. The van der Waals surface area contributed by atoms with Gasteiger partial charge in [-0.05, 0) is 31.2 Å². The van der Waals surface area contributed by atoms with E-state index in [1.165, 1.54) is 4.88 Å². The van der Waals surface area contributed by atoms with Crippen LogP contribution in [0.25, 0.3) is 0 Å². The predicted octanol–water partition coefficient (Wildman–Crippen LogP) is 1.60. The molecule has 0 saturated carbocycles. The molecular formula is C13H20N2O2S. The van der Waals surface area contributed by atoms with Crippen LogP contribution in [0.15, 0.2) is 17.5 Å². The van der Waals surface area contributed by atoms with Gasteiger partial charge in [-0.15, -0.1) is 11.3 Å². The number of amides is 1. The Morgan fingerprint density at radius 2 is 2.56 bits per heavy atom. The summed E-state index contributed by atoms with van der Waals surface area (Å²) in [5.41, 5.74) is 5.71. The Labute approximate surface area is 112 Å². The highest BCUT2D eigenvalue weighted by Gasteiger charge is 2.24. The fraction of sp³-hybridized carbons (Fsp3) is 0.615. The highest BCUT2D eigenvalue weighted by Crippen LogP contribution is 2.17. The molecule has 0 bridgehead atoms. The fourth-order valence-electron chi connectivity index (χ4n) is 2.15. The van der Waals surface area contributed by atoms with Crippen LogP contribution in [0, 0.1) is 0 Å². The quantitative estimate of drug-likeness (QED) is 0.882. The molecule has 100 valence electrons. The Bertz CT molecular complexity index is 372. The normalized spacial score (nSPS) is 20.9. The lowest BCUT2D eigenvalue weighted by Gasteiger charge is -2.26. The molecular weight excluding hydrogens is 248 g/mol. The smallest absolute Gasteiger partial charge is 0.239 e. The molecule has 5 heteroatoms. The molecule has 0 radical (unpaired) electrons. The lowest BCUT2D eigenvalue weighted by atomic mass is 10.2. The monoisotopic (exact) mass is 268 g/mol. The lowest BCUT2D eigenvalue weighted by molar-refractivity contribution is -0.134. The third-order valence-electron chi connectivity index (χ3n) is 3.08. The minimum absolute atomic E-state index is 0.00102. The molecule has 1 aromatic heterocycles. The van der Waals surface area contributed by atoms with Crippen LogP contribution < -0.4 is 5.73 Å². The second kappa shape index (κ2) is 6.31. The molecule has 2 heterocycles. The van der Waals surface area contributed by atoms with Crippen molar-refractivity contribution in [1.29, 1.82) is 0 Å². The first-order valence-corrected chi connectivity index (χ1v) is 7.23. The van der Waals surface area contributed by atoms with E-state index in [-0.39, 0.29) is 12.0 Å². The van der Waals surface area contributed by atoms with E-state index in [1.54, 1.807) is 18.3 Å². The molecule has 0 unspecified atom stereocenters. The van der Waals surface area contributed by atoms with Crippen LogP contribution >= 0.6 is 11.3 Å². The van der Waals surface area contributed by atoms with Gasteiger partial charge in [-0.1, -0.05) is 6.07 Å². The highest BCUT2D eigenvalue weighted by molar-refractivity contribution is 7.09. The van der Waals surface area contributed by atoms with Crippen LogP contribution in [-0.4, -0.2) is 36.1 Å². The average molecular weight is 268 g/mol. The first-order chi connectivity index (χ1) is 8.66. The topological polar surface area (TPSA) is 55.6 Å². The van der Waals surface area contributed by atoms with Gasteiger partial charge in [0.2, 0.25) is 5.91 Å². The maximum atomic E-state index is 12.1. The number of thiophene rings is 1. The van der Waals surface area contributed by atoms with E-state index in [2.05, 4.69) is 0 Å². The second-order valence-corrected chi connectivity index (χ2v) is 5.75. The number of carbonyl (C=O) groups is 1. The van der Waals surface area contributed by atoms with E-state index < -0.39 is 6.04 Å². The summed E-state index contributed by atoms with van der Waals surface area (Å²) in [4.78, 5) is 15.1. The average Bonchev–Trinajstić information content (AvgIpc) is 2.99. The van der Waals surface area contributed by atoms with Crippen molar-refractivity contribution in [3.63, 3.8) is 0 Å². The van der Waals surface area contributed by atoms with Gasteiger partial charge in [0.05, 0.1) is 18.7 Å². The SMILES string of the molecule is C[C@@H](N)C(=O)N(Cc1cccs1)C[C@@H]1CCCO1. The molecule has 0 aromatic carbocycles. The molecule has 1 aromatic rings. The van der Waals surface area contributed by atoms with E-state index >= 15 is 0 Å². The molecule has 2 atom stereocenters. The second-order valence-electron chi connectivity index (χ2n) is 4.72. The first-order valence-electron chi connectivity index (χ1n) is 6.35. The number of nitrogens with zero attached hydrogens (tertiary/aromatic N) is 1. The Hall–Kier alpha value is -0.910. The van der Waals surface area contributed by atoms with E-state index in [9.17, 15) is 4.79 Å². The summed E-state index contributed by atoms with van der Waals surface area (Å²) in [5.74, 6) is -0.00102. The van der Waals surface area contributed by atoms with Gasteiger partial charge in [0.1, 0.15) is 0 Å². The summed E-state index contributed by atoms with van der Waals surface area (Å²) in [6, 6.07) is 3.59. The van der Waals surface area contributed by atoms with Crippen molar-refractivity contribution in [2.75, 3.05) is 13.2 Å². The van der Waals surface area contributed by atoms with Crippen LogP contribution in [-0.2, 0) is 16.1 Å². The van der Waals surface area contributed by atoms with Crippen LogP contribution in [0.2, 0.25) is 0 Å². The molecule has 1 saturated heterocycles. The van der Waals surface area contributed by atoms with Crippen molar-refractivity contribution >= 4 is 17.2 Å². The standard InChI is InChI=1S/C13H20N2O2S/c1-10(14)13(16)15(8-11-4-2-6-17-11)9-12-5-3-7-18-12/h3,5,7,10-11H,2,4,6,8-9,14H2,1H3/t10-,11+/m1/s1. The van der Waals surface area contributed by atoms with Crippen molar-refractivity contribution in [2.45, 2.75) is 38.5 Å². The fourth-order valence-corrected chi connectivity index (χ4v) is 2.86. The zero-order valence-corrected chi connectivity index (χ0v) is 11.5. The van der Waals surface area contributed by atoms with E-state index in [4.69, 9.17) is 10.5 Å². The number of carbonyl (C=O) groups excluding carboxylic acids is 1. The Morgan fingerprint density at radius 1 is 1.72 bits per heavy atom. The van der Waals surface area contributed by atoms with Crippen LogP contribution in [0.4, 0.5) is 0 Å². The van der Waals surface area contributed by atoms with Gasteiger partial charge in [0.15, 0.2) is 0 Å². The minimum Gasteiger partial charge on any atom is -0.376 e.